The van der Waals surface area contributed by atoms with E-state index in [9.17, 15) is 26.8 Å². The Kier molecular flexibility index (Phi) is 11.0. The Morgan fingerprint density at radius 2 is 1.72 bits per heavy atom. The third-order valence-electron chi connectivity index (χ3n) is 6.80. The Labute approximate surface area is 238 Å². The summed E-state index contributed by atoms with van der Waals surface area (Å²) in [5.74, 6) is -2.91. The van der Waals surface area contributed by atoms with Gasteiger partial charge in [-0.05, 0) is 56.0 Å². The fourth-order valence-electron chi connectivity index (χ4n) is 4.63. The number of hydrogen-bond acceptors (Lipinski definition) is 4. The molecule has 3 rings (SSSR count). The van der Waals surface area contributed by atoms with Crippen LogP contribution < -0.4 is 9.62 Å². The number of anilines is 1. The molecular formula is C27H33Cl2F2N3O4S. The molecule has 0 heterocycles. The smallest absolute Gasteiger partial charge is 0.242 e. The molecule has 2 aromatic carbocycles. The summed E-state index contributed by atoms with van der Waals surface area (Å²) in [4.78, 5) is 28.0. The van der Waals surface area contributed by atoms with E-state index in [-0.39, 0.29) is 49.5 Å². The molecule has 0 saturated heterocycles. The highest BCUT2D eigenvalue weighted by Gasteiger charge is 2.28. The van der Waals surface area contributed by atoms with Gasteiger partial charge in [-0.1, -0.05) is 48.5 Å². The van der Waals surface area contributed by atoms with Crippen molar-refractivity contribution in [2.45, 2.75) is 70.5 Å². The van der Waals surface area contributed by atoms with Crippen LogP contribution in [0.5, 0.6) is 0 Å². The summed E-state index contributed by atoms with van der Waals surface area (Å²) >= 11 is 12.2. The molecule has 1 aliphatic carbocycles. The van der Waals surface area contributed by atoms with E-state index in [1.165, 1.54) is 4.90 Å². The maximum Gasteiger partial charge on any atom is 0.242 e. The number of sulfonamides is 1. The number of hydrogen-bond donors (Lipinski definition) is 1. The summed E-state index contributed by atoms with van der Waals surface area (Å²) in [5, 5.41) is 3.73. The molecule has 1 aliphatic rings. The Balaban J connectivity index is 1.75. The summed E-state index contributed by atoms with van der Waals surface area (Å²) in [5.41, 5.74) is 0.631. The normalized spacial score (nSPS) is 15.0. The lowest BCUT2D eigenvalue weighted by Gasteiger charge is -2.31. The number of nitrogens with zero attached hydrogens (tertiary/aromatic N) is 2. The SMILES string of the molecule is C[C@H](C(=O)NC1CCCCC1)N(Cc1ccc(Cl)c(Cl)c1)C(=O)CCCN(c1ccc(F)c(F)c1)S(C)(=O)=O. The fourth-order valence-corrected chi connectivity index (χ4v) is 5.91. The summed E-state index contributed by atoms with van der Waals surface area (Å²) in [6.45, 7) is 1.60. The van der Waals surface area contributed by atoms with Gasteiger partial charge in [-0.25, -0.2) is 17.2 Å². The van der Waals surface area contributed by atoms with Crippen molar-refractivity contribution in [1.82, 2.24) is 10.2 Å². The number of amides is 2. The minimum Gasteiger partial charge on any atom is -0.352 e. The number of halogens is 4. The average molecular weight is 605 g/mol. The van der Waals surface area contributed by atoms with E-state index >= 15 is 0 Å². The second-order valence-electron chi connectivity index (χ2n) is 9.83. The number of carbonyl (C=O) groups excluding carboxylic acids is 2. The van der Waals surface area contributed by atoms with Crippen LogP contribution in [0.2, 0.25) is 10.0 Å². The van der Waals surface area contributed by atoms with Crippen molar-refractivity contribution in [3.8, 4) is 0 Å². The van der Waals surface area contributed by atoms with Crippen molar-refractivity contribution in [2.75, 3.05) is 17.1 Å². The van der Waals surface area contributed by atoms with Crippen LogP contribution >= 0.6 is 23.2 Å². The van der Waals surface area contributed by atoms with Crippen LogP contribution in [0.1, 0.15) is 57.4 Å². The third-order valence-corrected chi connectivity index (χ3v) is 8.73. The molecule has 0 unspecified atom stereocenters. The van der Waals surface area contributed by atoms with Gasteiger partial charge in [-0.15, -0.1) is 0 Å². The molecule has 0 bridgehead atoms. The van der Waals surface area contributed by atoms with Crippen molar-refractivity contribution < 1.29 is 26.8 Å². The summed E-state index contributed by atoms with van der Waals surface area (Å²) in [6.07, 6.45) is 5.95. The summed E-state index contributed by atoms with van der Waals surface area (Å²) < 4.78 is 52.8. The number of carbonyl (C=O) groups is 2. The first-order valence-electron chi connectivity index (χ1n) is 12.8. The largest absolute Gasteiger partial charge is 0.352 e. The van der Waals surface area contributed by atoms with Crippen LogP contribution in [0, 0.1) is 11.6 Å². The highest BCUT2D eigenvalue weighted by molar-refractivity contribution is 7.92. The predicted octanol–water partition coefficient (Wildman–Crippen LogP) is 5.68. The van der Waals surface area contributed by atoms with Gasteiger partial charge in [0.15, 0.2) is 11.6 Å². The highest BCUT2D eigenvalue weighted by Crippen LogP contribution is 2.25. The highest BCUT2D eigenvalue weighted by atomic mass is 35.5. The molecule has 0 radical (unpaired) electrons. The van der Waals surface area contributed by atoms with Crippen molar-refractivity contribution >= 4 is 50.7 Å². The lowest BCUT2D eigenvalue weighted by molar-refractivity contribution is -0.141. The van der Waals surface area contributed by atoms with Gasteiger partial charge in [0, 0.05) is 31.6 Å². The van der Waals surface area contributed by atoms with E-state index in [0.29, 0.717) is 15.6 Å². The van der Waals surface area contributed by atoms with Gasteiger partial charge in [-0.2, -0.15) is 0 Å². The van der Waals surface area contributed by atoms with E-state index in [1.54, 1.807) is 25.1 Å². The van der Waals surface area contributed by atoms with Crippen molar-refractivity contribution in [2.24, 2.45) is 0 Å². The van der Waals surface area contributed by atoms with Gasteiger partial charge in [-0.3, -0.25) is 13.9 Å². The fraction of sp³-hybridized carbons (Fsp3) is 0.481. The predicted molar refractivity (Wildman–Crippen MR) is 149 cm³/mol. The van der Waals surface area contributed by atoms with Gasteiger partial charge >= 0.3 is 0 Å². The molecule has 2 amide bonds. The van der Waals surface area contributed by atoms with Crippen LogP contribution in [0.25, 0.3) is 0 Å². The topological polar surface area (TPSA) is 86.8 Å². The van der Waals surface area contributed by atoms with Crippen molar-refractivity contribution in [3.05, 3.63) is 63.6 Å². The van der Waals surface area contributed by atoms with Crippen molar-refractivity contribution in [1.29, 1.82) is 0 Å². The maximum absolute atomic E-state index is 13.8. The quantitative estimate of drug-likeness (QED) is 0.358. The van der Waals surface area contributed by atoms with Gasteiger partial charge < -0.3 is 10.2 Å². The number of benzene rings is 2. The second kappa shape index (κ2) is 13.8. The van der Waals surface area contributed by atoms with Crippen LogP contribution in [0.4, 0.5) is 14.5 Å². The minimum atomic E-state index is -3.84. The van der Waals surface area contributed by atoms with E-state index in [2.05, 4.69) is 5.32 Å². The zero-order chi connectivity index (χ0) is 28.7. The van der Waals surface area contributed by atoms with Crippen LogP contribution in [-0.4, -0.2) is 50.0 Å². The summed E-state index contributed by atoms with van der Waals surface area (Å²) in [7, 11) is -3.84. The molecule has 12 heteroatoms. The van der Waals surface area contributed by atoms with E-state index in [0.717, 1.165) is 60.9 Å². The molecule has 2 aromatic rings. The lowest BCUT2D eigenvalue weighted by Crippen LogP contribution is -2.50. The molecule has 0 spiro atoms. The molecule has 1 saturated carbocycles. The van der Waals surface area contributed by atoms with E-state index in [4.69, 9.17) is 23.2 Å². The molecule has 1 atom stereocenters. The standard InChI is InChI=1S/C27H33Cl2F2N3O4S/c1-18(27(36)32-20-7-4-3-5-8-20)33(17-19-10-12-22(28)23(29)15-19)26(35)9-6-14-34(39(2,37)38)21-11-13-24(30)25(31)16-21/h10-13,15-16,18,20H,3-9,14,17H2,1-2H3,(H,32,36)/t18-/m1/s1. The Morgan fingerprint density at radius 1 is 1.03 bits per heavy atom. The van der Waals surface area contributed by atoms with Gasteiger partial charge in [0.1, 0.15) is 6.04 Å². The average Bonchev–Trinajstić information content (AvgIpc) is 2.88. The van der Waals surface area contributed by atoms with Crippen molar-refractivity contribution in [3.63, 3.8) is 0 Å². The first kappa shape index (κ1) is 31.1. The summed E-state index contributed by atoms with van der Waals surface area (Å²) in [6, 6.07) is 7.03. The number of rotatable bonds is 11. The maximum atomic E-state index is 13.8. The Bertz CT molecular complexity index is 1290. The van der Waals surface area contributed by atoms with E-state index in [1.807, 2.05) is 0 Å². The lowest BCUT2D eigenvalue weighted by atomic mass is 9.95. The zero-order valence-corrected chi connectivity index (χ0v) is 24.3. The monoisotopic (exact) mass is 603 g/mol. The Morgan fingerprint density at radius 3 is 2.33 bits per heavy atom. The van der Waals surface area contributed by atoms with E-state index < -0.39 is 27.7 Å². The second-order valence-corrected chi connectivity index (χ2v) is 12.5. The van der Waals surface area contributed by atoms with Gasteiger partial charge in [0.05, 0.1) is 22.0 Å². The molecule has 0 aromatic heterocycles. The molecule has 0 aliphatic heterocycles. The Hall–Kier alpha value is -2.43. The molecule has 214 valence electrons. The molecule has 1 fully saturated rings. The van der Waals surface area contributed by atoms with Crippen LogP contribution in [-0.2, 0) is 26.2 Å². The third kappa shape index (κ3) is 8.78. The molecule has 1 N–H and O–H groups in total. The first-order valence-corrected chi connectivity index (χ1v) is 15.4. The van der Waals surface area contributed by atoms with Crippen LogP contribution in [0.3, 0.4) is 0 Å². The minimum absolute atomic E-state index is 0.0447. The molecule has 7 nitrogen and oxygen atoms in total. The molecule has 39 heavy (non-hydrogen) atoms. The first-order chi connectivity index (χ1) is 18.4. The number of nitrogens with one attached hydrogen (secondary N) is 1. The van der Waals surface area contributed by atoms with Gasteiger partial charge in [0.2, 0.25) is 21.8 Å². The van der Waals surface area contributed by atoms with Crippen LogP contribution in [0.15, 0.2) is 36.4 Å². The molecular weight excluding hydrogens is 571 g/mol. The zero-order valence-electron chi connectivity index (χ0n) is 21.9. The van der Waals surface area contributed by atoms with Gasteiger partial charge in [0.25, 0.3) is 0 Å².